The van der Waals surface area contributed by atoms with E-state index >= 15 is 0 Å². The molecule has 104 valence electrons. The Labute approximate surface area is 118 Å². The van der Waals surface area contributed by atoms with Crippen molar-refractivity contribution < 1.29 is 4.79 Å². The van der Waals surface area contributed by atoms with E-state index in [-0.39, 0.29) is 5.91 Å². The molecule has 2 heterocycles. The molecule has 1 aromatic rings. The van der Waals surface area contributed by atoms with Crippen LogP contribution in [0, 0.1) is 0 Å². The van der Waals surface area contributed by atoms with E-state index in [0.29, 0.717) is 5.69 Å². The molecule has 1 aliphatic heterocycles. The number of nitrogens with one attached hydrogen (secondary N) is 1. The van der Waals surface area contributed by atoms with E-state index in [1.165, 1.54) is 0 Å². The molecule has 0 radical (unpaired) electrons. The SMILES string of the molecule is CCCNc1cnc(C(=O)N2CCCSCC2)cn1. The average molecular weight is 280 g/mol. The number of hydrogen-bond donors (Lipinski definition) is 1. The van der Waals surface area contributed by atoms with Crippen molar-refractivity contribution in [1.29, 1.82) is 0 Å². The summed E-state index contributed by atoms with van der Waals surface area (Å²) in [6.45, 7) is 4.59. The highest BCUT2D eigenvalue weighted by Gasteiger charge is 2.18. The van der Waals surface area contributed by atoms with Crippen LogP contribution in [-0.4, -0.2) is 51.9 Å². The lowest BCUT2D eigenvalue weighted by Gasteiger charge is -2.19. The van der Waals surface area contributed by atoms with Gasteiger partial charge in [0.1, 0.15) is 11.5 Å². The molecule has 19 heavy (non-hydrogen) atoms. The summed E-state index contributed by atoms with van der Waals surface area (Å²) in [6.07, 6.45) is 5.29. The van der Waals surface area contributed by atoms with E-state index in [1.54, 1.807) is 12.4 Å². The van der Waals surface area contributed by atoms with Crippen LogP contribution < -0.4 is 5.32 Å². The fourth-order valence-electron chi connectivity index (χ4n) is 1.89. The molecule has 1 aliphatic rings. The molecule has 0 unspecified atom stereocenters. The highest BCUT2D eigenvalue weighted by molar-refractivity contribution is 7.99. The molecule has 0 bridgehead atoms. The Morgan fingerprint density at radius 2 is 2.26 bits per heavy atom. The third kappa shape index (κ3) is 4.09. The van der Waals surface area contributed by atoms with E-state index in [0.717, 1.165) is 49.8 Å². The standard InChI is InChI=1S/C13H20N4OS/c1-2-4-14-12-10-15-11(9-16-12)13(18)17-5-3-7-19-8-6-17/h9-10H,2-8H2,1H3,(H,14,16). The molecule has 6 heteroatoms. The van der Waals surface area contributed by atoms with Crippen molar-refractivity contribution in [2.24, 2.45) is 0 Å². The van der Waals surface area contributed by atoms with Gasteiger partial charge in [-0.3, -0.25) is 4.79 Å². The first-order valence-corrected chi connectivity index (χ1v) is 7.89. The first-order valence-electron chi connectivity index (χ1n) is 6.74. The zero-order chi connectivity index (χ0) is 13.5. The second-order valence-electron chi connectivity index (χ2n) is 4.47. The van der Waals surface area contributed by atoms with Gasteiger partial charge in [-0.05, 0) is 18.6 Å². The quantitative estimate of drug-likeness (QED) is 0.912. The van der Waals surface area contributed by atoms with Crippen LogP contribution in [0.25, 0.3) is 0 Å². The van der Waals surface area contributed by atoms with Crippen molar-refractivity contribution in [2.45, 2.75) is 19.8 Å². The van der Waals surface area contributed by atoms with Crippen LogP contribution in [0.5, 0.6) is 0 Å². The minimum atomic E-state index is -0.00274. The molecule has 0 aliphatic carbocycles. The maximum Gasteiger partial charge on any atom is 0.274 e. The number of nitrogens with zero attached hydrogens (tertiary/aromatic N) is 3. The number of anilines is 1. The summed E-state index contributed by atoms with van der Waals surface area (Å²) in [5, 5.41) is 3.15. The highest BCUT2D eigenvalue weighted by atomic mass is 32.2. The van der Waals surface area contributed by atoms with Crippen LogP contribution in [0.4, 0.5) is 5.82 Å². The van der Waals surface area contributed by atoms with E-state index in [1.807, 2.05) is 16.7 Å². The number of amides is 1. The lowest BCUT2D eigenvalue weighted by molar-refractivity contribution is 0.0762. The monoisotopic (exact) mass is 280 g/mol. The zero-order valence-electron chi connectivity index (χ0n) is 11.3. The molecular formula is C13H20N4OS. The molecule has 5 nitrogen and oxygen atoms in total. The predicted molar refractivity (Wildman–Crippen MR) is 78.7 cm³/mol. The van der Waals surface area contributed by atoms with Gasteiger partial charge in [0.05, 0.1) is 12.4 Å². The van der Waals surface area contributed by atoms with Crippen molar-refractivity contribution in [2.75, 3.05) is 36.5 Å². The van der Waals surface area contributed by atoms with Gasteiger partial charge in [-0.2, -0.15) is 11.8 Å². The minimum Gasteiger partial charge on any atom is -0.369 e. The summed E-state index contributed by atoms with van der Waals surface area (Å²) in [5.74, 6) is 2.87. The molecular weight excluding hydrogens is 260 g/mol. The predicted octanol–water partition coefficient (Wildman–Crippen LogP) is 1.88. The largest absolute Gasteiger partial charge is 0.369 e. The summed E-state index contributed by atoms with van der Waals surface area (Å²) in [6, 6.07) is 0. The van der Waals surface area contributed by atoms with Crippen molar-refractivity contribution in [1.82, 2.24) is 14.9 Å². The van der Waals surface area contributed by atoms with Gasteiger partial charge in [0, 0.05) is 25.4 Å². The highest BCUT2D eigenvalue weighted by Crippen LogP contribution is 2.12. The molecule has 0 atom stereocenters. The molecule has 1 aromatic heterocycles. The number of carbonyl (C=O) groups is 1. The fourth-order valence-corrected chi connectivity index (χ4v) is 2.78. The molecule has 2 rings (SSSR count). The second-order valence-corrected chi connectivity index (χ2v) is 5.70. The van der Waals surface area contributed by atoms with E-state index < -0.39 is 0 Å². The molecule has 0 aromatic carbocycles. The maximum absolute atomic E-state index is 12.3. The lowest BCUT2D eigenvalue weighted by atomic mass is 10.3. The zero-order valence-corrected chi connectivity index (χ0v) is 12.1. The van der Waals surface area contributed by atoms with Crippen LogP contribution in [0.15, 0.2) is 12.4 Å². The van der Waals surface area contributed by atoms with Crippen LogP contribution in [0.1, 0.15) is 30.3 Å². The second kappa shape index (κ2) is 7.33. The van der Waals surface area contributed by atoms with Crippen LogP contribution in [0.2, 0.25) is 0 Å². The smallest absolute Gasteiger partial charge is 0.274 e. The van der Waals surface area contributed by atoms with Gasteiger partial charge in [-0.1, -0.05) is 6.92 Å². The van der Waals surface area contributed by atoms with Gasteiger partial charge in [0.2, 0.25) is 0 Å². The summed E-state index contributed by atoms with van der Waals surface area (Å²) in [7, 11) is 0. The van der Waals surface area contributed by atoms with Gasteiger partial charge >= 0.3 is 0 Å². The summed E-state index contributed by atoms with van der Waals surface area (Å²) in [4.78, 5) is 22.6. The van der Waals surface area contributed by atoms with Gasteiger partial charge < -0.3 is 10.2 Å². The molecule has 0 spiro atoms. The topological polar surface area (TPSA) is 58.1 Å². The Morgan fingerprint density at radius 1 is 1.37 bits per heavy atom. The lowest BCUT2D eigenvalue weighted by Crippen LogP contribution is -2.33. The van der Waals surface area contributed by atoms with Crippen LogP contribution >= 0.6 is 11.8 Å². The Bertz CT molecular complexity index is 402. The Morgan fingerprint density at radius 3 is 3.00 bits per heavy atom. The van der Waals surface area contributed by atoms with Gasteiger partial charge in [0.15, 0.2) is 0 Å². The molecule has 1 fully saturated rings. The third-order valence-electron chi connectivity index (χ3n) is 2.94. The number of thioether (sulfide) groups is 1. The van der Waals surface area contributed by atoms with Crippen molar-refractivity contribution in [3.63, 3.8) is 0 Å². The molecule has 1 amide bonds. The Kier molecular flexibility index (Phi) is 5.44. The van der Waals surface area contributed by atoms with E-state index in [9.17, 15) is 4.79 Å². The summed E-state index contributed by atoms with van der Waals surface area (Å²) >= 11 is 1.90. The van der Waals surface area contributed by atoms with Crippen LogP contribution in [-0.2, 0) is 0 Å². The van der Waals surface area contributed by atoms with Gasteiger partial charge in [-0.15, -0.1) is 0 Å². The minimum absolute atomic E-state index is 0.00274. The number of hydrogen-bond acceptors (Lipinski definition) is 5. The number of carbonyl (C=O) groups excluding carboxylic acids is 1. The number of aromatic nitrogens is 2. The van der Waals surface area contributed by atoms with Gasteiger partial charge in [0.25, 0.3) is 5.91 Å². The normalized spacial score (nSPS) is 15.9. The Hall–Kier alpha value is -1.30. The maximum atomic E-state index is 12.3. The molecule has 1 saturated heterocycles. The molecule has 0 saturated carbocycles. The first-order chi connectivity index (χ1) is 9.31. The summed E-state index contributed by atoms with van der Waals surface area (Å²) in [5.41, 5.74) is 0.439. The van der Waals surface area contributed by atoms with Gasteiger partial charge in [-0.25, -0.2) is 9.97 Å². The molecule has 1 N–H and O–H groups in total. The Balaban J connectivity index is 1.98. The average Bonchev–Trinajstić information content (AvgIpc) is 2.74. The van der Waals surface area contributed by atoms with Crippen molar-refractivity contribution >= 4 is 23.5 Å². The first kappa shape index (κ1) is 14.1. The van der Waals surface area contributed by atoms with Crippen molar-refractivity contribution in [3.8, 4) is 0 Å². The van der Waals surface area contributed by atoms with E-state index in [2.05, 4.69) is 22.2 Å². The third-order valence-corrected chi connectivity index (χ3v) is 3.99. The number of rotatable bonds is 4. The van der Waals surface area contributed by atoms with Crippen molar-refractivity contribution in [3.05, 3.63) is 18.1 Å². The summed E-state index contributed by atoms with van der Waals surface area (Å²) < 4.78 is 0. The van der Waals surface area contributed by atoms with Crippen LogP contribution in [0.3, 0.4) is 0 Å². The fraction of sp³-hybridized carbons (Fsp3) is 0.615. The van der Waals surface area contributed by atoms with E-state index in [4.69, 9.17) is 0 Å².